The van der Waals surface area contributed by atoms with Gasteiger partial charge in [-0.2, -0.15) is 0 Å². The Morgan fingerprint density at radius 3 is 2.67 bits per heavy atom. The van der Waals surface area contributed by atoms with Crippen molar-refractivity contribution in [3.05, 3.63) is 30.7 Å². The van der Waals surface area contributed by atoms with Crippen LogP contribution in [0.2, 0.25) is 0 Å². The van der Waals surface area contributed by atoms with Crippen molar-refractivity contribution in [2.45, 2.75) is 6.42 Å². The van der Waals surface area contributed by atoms with Crippen molar-refractivity contribution in [1.29, 1.82) is 0 Å². The molecule has 0 spiro atoms. The van der Waals surface area contributed by atoms with Crippen LogP contribution in [0.15, 0.2) is 18.2 Å². The molecule has 0 N–H and O–H groups in total. The van der Waals surface area contributed by atoms with Gasteiger partial charge in [-0.3, -0.25) is 0 Å². The summed E-state index contributed by atoms with van der Waals surface area (Å²) in [7, 11) is 0. The molecule has 0 nitrogen and oxygen atoms in total. The van der Waals surface area contributed by atoms with Gasteiger partial charge in [0.15, 0.2) is 0 Å². The number of allylic oxidation sites excluding steroid dienone is 4. The predicted octanol–water partition coefficient (Wildman–Crippen LogP) is 1.39. The molecule has 0 aromatic rings. The molecule has 0 aromatic heterocycles. The summed E-state index contributed by atoms with van der Waals surface area (Å²) in [6, 6.07) is 0. The zero-order chi connectivity index (χ0) is 4.24. The third-order valence-electron chi connectivity index (χ3n) is 0.635. The molecule has 0 amide bonds. The van der Waals surface area contributed by atoms with Gasteiger partial charge in [0.1, 0.15) is 0 Å². The summed E-state index contributed by atoms with van der Waals surface area (Å²) >= 11 is 0. The standard InChI is InChI=1S/C6H5/c1-2-4-6-5-3-1/h1-2,6H,3H2. The van der Waals surface area contributed by atoms with E-state index >= 15 is 0 Å². The van der Waals surface area contributed by atoms with Gasteiger partial charge >= 0.3 is 0 Å². The fourth-order valence-electron chi connectivity index (χ4n) is 0.361. The molecule has 0 heterocycles. The Kier molecular flexibility index (Phi) is 1.10. The van der Waals surface area contributed by atoms with E-state index in [1.165, 1.54) is 0 Å². The van der Waals surface area contributed by atoms with Gasteiger partial charge in [0.05, 0.1) is 0 Å². The minimum atomic E-state index is 0.951. The van der Waals surface area contributed by atoms with Crippen LogP contribution in [-0.4, -0.2) is 0 Å². The van der Waals surface area contributed by atoms with E-state index in [1.807, 2.05) is 12.2 Å². The number of hydrogen-bond donors (Lipinski definition) is 0. The first-order valence-electron chi connectivity index (χ1n) is 1.96. The van der Waals surface area contributed by atoms with Crippen LogP contribution in [0, 0.1) is 12.5 Å². The Morgan fingerprint density at radius 1 is 1.50 bits per heavy atom. The Hall–Kier alpha value is -0.520. The van der Waals surface area contributed by atoms with Crippen LogP contribution in [0.3, 0.4) is 0 Å². The van der Waals surface area contributed by atoms with Crippen molar-refractivity contribution < 1.29 is 0 Å². The zero-order valence-electron chi connectivity index (χ0n) is 3.44. The molecule has 0 saturated carbocycles. The lowest BCUT2D eigenvalue weighted by Gasteiger charge is -1.86. The van der Waals surface area contributed by atoms with E-state index in [0.717, 1.165) is 6.42 Å². The monoisotopic (exact) mass is 77.0 g/mol. The Morgan fingerprint density at radius 2 is 2.50 bits per heavy atom. The second kappa shape index (κ2) is 1.81. The van der Waals surface area contributed by atoms with Crippen LogP contribution in [0.5, 0.6) is 0 Å². The number of hydrogen-bond acceptors (Lipinski definition) is 0. The quantitative estimate of drug-likeness (QED) is 0.410. The second-order valence-electron chi connectivity index (χ2n) is 1.12. The molecule has 6 heavy (non-hydrogen) atoms. The summed E-state index contributed by atoms with van der Waals surface area (Å²) in [6.45, 7) is 0. The summed E-state index contributed by atoms with van der Waals surface area (Å²) in [6.07, 6.45) is 12.5. The summed E-state index contributed by atoms with van der Waals surface area (Å²) in [5, 5.41) is 0. The van der Waals surface area contributed by atoms with Crippen molar-refractivity contribution in [3.63, 3.8) is 0 Å². The van der Waals surface area contributed by atoms with E-state index in [2.05, 4.69) is 12.5 Å². The molecule has 0 fully saturated rings. The lowest BCUT2D eigenvalue weighted by Crippen LogP contribution is -1.70. The maximum Gasteiger partial charge on any atom is 0.0131 e. The van der Waals surface area contributed by atoms with Gasteiger partial charge in [-0.05, 0) is 12.5 Å². The van der Waals surface area contributed by atoms with Crippen LogP contribution in [0.25, 0.3) is 0 Å². The molecule has 1 aliphatic carbocycles. The van der Waals surface area contributed by atoms with E-state index in [4.69, 9.17) is 0 Å². The van der Waals surface area contributed by atoms with Crippen LogP contribution in [0.4, 0.5) is 0 Å². The highest BCUT2D eigenvalue weighted by atomic mass is 13.8. The summed E-state index contributed by atoms with van der Waals surface area (Å²) in [4.78, 5) is 0. The average molecular weight is 77.1 g/mol. The summed E-state index contributed by atoms with van der Waals surface area (Å²) < 4.78 is 0. The molecular formula is C6H5. The molecule has 0 aromatic carbocycles. The summed E-state index contributed by atoms with van der Waals surface area (Å²) in [5.74, 6) is 0. The van der Waals surface area contributed by atoms with Crippen molar-refractivity contribution in [2.24, 2.45) is 0 Å². The maximum atomic E-state index is 2.96. The fraction of sp³-hybridized carbons (Fsp3) is 0.167. The highest BCUT2D eigenvalue weighted by Crippen LogP contribution is 1.95. The third-order valence-corrected chi connectivity index (χ3v) is 0.635. The molecule has 0 aliphatic heterocycles. The maximum absolute atomic E-state index is 2.96. The van der Waals surface area contributed by atoms with E-state index in [-0.39, 0.29) is 0 Å². The van der Waals surface area contributed by atoms with Crippen LogP contribution >= 0.6 is 0 Å². The van der Waals surface area contributed by atoms with Gasteiger partial charge < -0.3 is 0 Å². The van der Waals surface area contributed by atoms with Gasteiger partial charge in [0.2, 0.25) is 0 Å². The first-order chi connectivity index (χ1) is 3.00. The molecule has 1 rings (SSSR count). The topological polar surface area (TPSA) is 0 Å². The first kappa shape index (κ1) is 3.66. The lowest BCUT2D eigenvalue weighted by molar-refractivity contribution is 1.26. The first-order valence-corrected chi connectivity index (χ1v) is 1.96. The number of rotatable bonds is 0. The van der Waals surface area contributed by atoms with E-state index in [1.54, 1.807) is 6.08 Å². The smallest absolute Gasteiger partial charge is 0.0131 e. The van der Waals surface area contributed by atoms with Gasteiger partial charge in [-0.25, -0.2) is 0 Å². The van der Waals surface area contributed by atoms with E-state index in [9.17, 15) is 0 Å². The second-order valence-corrected chi connectivity index (χ2v) is 1.12. The van der Waals surface area contributed by atoms with Crippen molar-refractivity contribution >= 4 is 0 Å². The molecule has 0 saturated heterocycles. The van der Waals surface area contributed by atoms with Gasteiger partial charge in [0, 0.05) is 6.42 Å². The SMILES string of the molecule is [C]1C=[C]C=CC1. The minimum absolute atomic E-state index is 0.951. The molecular weight excluding hydrogens is 72.1 g/mol. The summed E-state index contributed by atoms with van der Waals surface area (Å²) in [5.41, 5.74) is 0. The van der Waals surface area contributed by atoms with Crippen LogP contribution in [0.1, 0.15) is 6.42 Å². The van der Waals surface area contributed by atoms with E-state index < -0.39 is 0 Å². The van der Waals surface area contributed by atoms with Gasteiger partial charge in [-0.1, -0.05) is 18.2 Å². The molecule has 29 valence electrons. The lowest BCUT2D eigenvalue weighted by atomic mass is 10.2. The van der Waals surface area contributed by atoms with E-state index in [0.29, 0.717) is 0 Å². The Bertz CT molecular complexity index is 66.0. The zero-order valence-corrected chi connectivity index (χ0v) is 3.44. The molecule has 3 radical (unpaired) electrons. The molecule has 0 heteroatoms. The highest BCUT2D eigenvalue weighted by molar-refractivity contribution is 5.09. The predicted molar refractivity (Wildman–Crippen MR) is 24.8 cm³/mol. The third kappa shape index (κ3) is 0.713. The molecule has 0 atom stereocenters. The van der Waals surface area contributed by atoms with Crippen molar-refractivity contribution in [3.8, 4) is 0 Å². The highest BCUT2D eigenvalue weighted by Gasteiger charge is 1.79. The molecule has 1 aliphatic rings. The largest absolute Gasteiger partial charge is 0.0830 e. The van der Waals surface area contributed by atoms with Gasteiger partial charge in [0.25, 0.3) is 0 Å². The Balaban J connectivity index is 2.46. The fourth-order valence-corrected chi connectivity index (χ4v) is 0.361. The Labute approximate surface area is 38.2 Å². The van der Waals surface area contributed by atoms with Crippen LogP contribution in [-0.2, 0) is 0 Å². The normalized spacial score (nSPS) is 18.7. The van der Waals surface area contributed by atoms with Gasteiger partial charge in [-0.15, -0.1) is 0 Å². The molecule has 0 unspecified atom stereocenters. The molecule has 0 bridgehead atoms. The average Bonchev–Trinajstić information content (AvgIpc) is 1.72. The van der Waals surface area contributed by atoms with Crippen molar-refractivity contribution in [1.82, 2.24) is 0 Å². The minimum Gasteiger partial charge on any atom is -0.0830 e. The van der Waals surface area contributed by atoms with Crippen molar-refractivity contribution in [2.75, 3.05) is 0 Å². The van der Waals surface area contributed by atoms with Crippen LogP contribution < -0.4 is 0 Å².